The fourth-order valence-corrected chi connectivity index (χ4v) is 2.55. The molecule has 1 aromatic carbocycles. The Hall–Kier alpha value is -1.56. The van der Waals surface area contributed by atoms with E-state index in [2.05, 4.69) is 29.1 Å². The third-order valence-corrected chi connectivity index (χ3v) is 3.95. The number of carbonyl (C=O) groups excluding carboxylic acids is 1. The monoisotopic (exact) mass is 371 g/mol. The lowest BCUT2D eigenvalue weighted by Gasteiger charge is -2.13. The number of nitrogens with one attached hydrogen (secondary N) is 1. The summed E-state index contributed by atoms with van der Waals surface area (Å²) in [5.41, 5.74) is 2.70. The molecule has 8 heteroatoms. The Kier molecular flexibility index (Phi) is 4.12. The van der Waals surface area contributed by atoms with Crippen molar-refractivity contribution in [2.45, 2.75) is 23.6 Å². The molecule has 1 N–H and O–H groups in total. The van der Waals surface area contributed by atoms with Crippen LogP contribution in [0.1, 0.15) is 25.3 Å². The van der Waals surface area contributed by atoms with Crippen molar-refractivity contribution in [2.24, 2.45) is 0 Å². The number of amides is 1. The Morgan fingerprint density at radius 1 is 1.30 bits per heavy atom. The highest BCUT2D eigenvalue weighted by Gasteiger charge is 2.32. The summed E-state index contributed by atoms with van der Waals surface area (Å²) < 4.78 is 3.44. The number of benzene rings is 1. The fourth-order valence-electron chi connectivity index (χ4n) is 2.41. The van der Waals surface area contributed by atoms with E-state index in [4.69, 9.17) is 39.2 Å². The summed E-state index contributed by atoms with van der Waals surface area (Å²) >= 11 is 16.8. The molecule has 2 aromatic heterocycles. The smallest absolute Gasteiger partial charge is 0.277 e. The van der Waals surface area contributed by atoms with Crippen LogP contribution in [0.2, 0.25) is 0 Å². The van der Waals surface area contributed by atoms with Gasteiger partial charge < -0.3 is 9.73 Å². The number of fused-ring (bicyclic) bond motifs is 3. The van der Waals surface area contributed by atoms with E-state index in [1.54, 1.807) is 0 Å². The molecule has 0 atom stereocenters. The number of oxazole rings is 1. The van der Waals surface area contributed by atoms with Gasteiger partial charge in [-0.15, -0.1) is 0 Å². The molecule has 0 radical (unpaired) electrons. The topological polar surface area (TPSA) is 68.0 Å². The SMILES string of the molecule is CC(C)c1cccc2nc(NC(=O)C(Cl)(Cl)Cl)c3ncoc3c12. The second-order valence-corrected chi connectivity index (χ2v) is 7.62. The van der Waals surface area contributed by atoms with Crippen molar-refractivity contribution in [3.63, 3.8) is 0 Å². The van der Waals surface area contributed by atoms with Crippen LogP contribution in [-0.4, -0.2) is 19.7 Å². The van der Waals surface area contributed by atoms with E-state index in [0.29, 0.717) is 16.6 Å². The predicted octanol–water partition coefficient (Wildman–Crippen LogP) is 4.81. The molecule has 1 amide bonds. The number of hydrogen-bond acceptors (Lipinski definition) is 4. The van der Waals surface area contributed by atoms with Gasteiger partial charge in [-0.05, 0) is 17.5 Å². The molecule has 23 heavy (non-hydrogen) atoms. The number of alkyl halides is 3. The van der Waals surface area contributed by atoms with E-state index in [9.17, 15) is 4.79 Å². The first-order valence-corrected chi connectivity index (χ1v) is 7.96. The van der Waals surface area contributed by atoms with E-state index in [1.165, 1.54) is 6.39 Å². The number of rotatable bonds is 2. The first kappa shape index (κ1) is 16.3. The van der Waals surface area contributed by atoms with Gasteiger partial charge in [-0.25, -0.2) is 9.97 Å². The number of pyridine rings is 1. The molecule has 0 aliphatic carbocycles. The fraction of sp³-hybridized carbons (Fsp3) is 0.267. The molecular weight excluding hydrogens is 361 g/mol. The summed E-state index contributed by atoms with van der Waals surface area (Å²) in [4.78, 5) is 20.5. The van der Waals surface area contributed by atoms with Crippen LogP contribution in [-0.2, 0) is 4.79 Å². The van der Waals surface area contributed by atoms with Crippen LogP contribution in [0.4, 0.5) is 5.82 Å². The van der Waals surface area contributed by atoms with E-state index in [1.807, 2.05) is 18.2 Å². The first-order chi connectivity index (χ1) is 10.8. The van der Waals surface area contributed by atoms with Crippen molar-refractivity contribution >= 4 is 68.5 Å². The molecule has 3 rings (SSSR count). The summed E-state index contributed by atoms with van der Waals surface area (Å²) in [7, 11) is 0. The predicted molar refractivity (Wildman–Crippen MR) is 92.3 cm³/mol. The lowest BCUT2D eigenvalue weighted by molar-refractivity contribution is -0.115. The van der Waals surface area contributed by atoms with Crippen LogP contribution in [0, 0.1) is 0 Å². The first-order valence-electron chi connectivity index (χ1n) is 6.83. The molecule has 0 spiro atoms. The zero-order valence-corrected chi connectivity index (χ0v) is 14.5. The van der Waals surface area contributed by atoms with Crippen LogP contribution < -0.4 is 5.32 Å². The maximum Gasteiger partial charge on any atom is 0.277 e. The molecule has 5 nitrogen and oxygen atoms in total. The van der Waals surface area contributed by atoms with Gasteiger partial charge in [0.2, 0.25) is 0 Å². The number of nitrogens with zero attached hydrogens (tertiary/aromatic N) is 2. The van der Waals surface area contributed by atoms with E-state index in [-0.39, 0.29) is 11.7 Å². The van der Waals surface area contributed by atoms with Crippen LogP contribution >= 0.6 is 34.8 Å². The van der Waals surface area contributed by atoms with E-state index < -0.39 is 9.70 Å². The largest absolute Gasteiger partial charge is 0.443 e. The molecule has 0 aliphatic rings. The number of anilines is 1. The molecule has 0 saturated carbocycles. The highest BCUT2D eigenvalue weighted by Crippen LogP contribution is 2.35. The van der Waals surface area contributed by atoms with Crippen molar-refractivity contribution in [1.82, 2.24) is 9.97 Å². The molecule has 120 valence electrons. The van der Waals surface area contributed by atoms with Crippen LogP contribution in [0.25, 0.3) is 22.0 Å². The molecule has 0 aliphatic heterocycles. The van der Waals surface area contributed by atoms with E-state index in [0.717, 1.165) is 10.9 Å². The van der Waals surface area contributed by atoms with Gasteiger partial charge >= 0.3 is 0 Å². The average molecular weight is 373 g/mol. The molecule has 0 fully saturated rings. The zero-order valence-electron chi connectivity index (χ0n) is 12.2. The molecule has 2 heterocycles. The van der Waals surface area contributed by atoms with Crippen LogP contribution in [0.15, 0.2) is 29.0 Å². The molecular formula is C15H12Cl3N3O2. The van der Waals surface area contributed by atoms with Gasteiger partial charge in [-0.1, -0.05) is 60.8 Å². The Morgan fingerprint density at radius 2 is 2.04 bits per heavy atom. The summed E-state index contributed by atoms with van der Waals surface area (Å²) in [5, 5.41) is 3.35. The number of carbonyl (C=O) groups is 1. The van der Waals surface area contributed by atoms with Gasteiger partial charge in [-0.2, -0.15) is 0 Å². The maximum atomic E-state index is 11.9. The van der Waals surface area contributed by atoms with Crippen molar-refractivity contribution < 1.29 is 9.21 Å². The lowest BCUT2D eigenvalue weighted by atomic mass is 9.97. The molecule has 0 saturated heterocycles. The van der Waals surface area contributed by atoms with Crippen molar-refractivity contribution in [3.8, 4) is 0 Å². The van der Waals surface area contributed by atoms with Gasteiger partial charge in [0.15, 0.2) is 23.3 Å². The molecule has 0 bridgehead atoms. The Balaban J connectivity index is 2.25. The second kappa shape index (κ2) is 5.82. The quantitative estimate of drug-likeness (QED) is 0.656. The average Bonchev–Trinajstić information content (AvgIpc) is 2.95. The maximum absolute atomic E-state index is 11.9. The van der Waals surface area contributed by atoms with Crippen LogP contribution in [0.3, 0.4) is 0 Å². The van der Waals surface area contributed by atoms with Gasteiger partial charge in [0.25, 0.3) is 9.70 Å². The summed E-state index contributed by atoms with van der Waals surface area (Å²) in [6.45, 7) is 4.16. The van der Waals surface area contributed by atoms with Gasteiger partial charge in [0.1, 0.15) is 0 Å². The Bertz CT molecular complexity index is 900. The number of aromatic nitrogens is 2. The number of halogens is 3. The van der Waals surface area contributed by atoms with Gasteiger partial charge in [-0.3, -0.25) is 4.79 Å². The summed E-state index contributed by atoms with van der Waals surface area (Å²) in [6.07, 6.45) is 1.30. The zero-order chi connectivity index (χ0) is 16.8. The minimum absolute atomic E-state index is 0.193. The van der Waals surface area contributed by atoms with Crippen molar-refractivity contribution in [2.75, 3.05) is 5.32 Å². The third-order valence-electron chi connectivity index (χ3n) is 3.44. The second-order valence-electron chi connectivity index (χ2n) is 5.34. The molecule has 0 unspecified atom stereocenters. The van der Waals surface area contributed by atoms with Crippen molar-refractivity contribution in [3.05, 3.63) is 30.2 Å². The van der Waals surface area contributed by atoms with Gasteiger partial charge in [0, 0.05) is 5.39 Å². The highest BCUT2D eigenvalue weighted by atomic mass is 35.6. The lowest BCUT2D eigenvalue weighted by Crippen LogP contribution is -2.27. The third kappa shape index (κ3) is 2.96. The Labute approximate surface area is 146 Å². The Morgan fingerprint density at radius 3 is 2.70 bits per heavy atom. The van der Waals surface area contributed by atoms with Crippen molar-refractivity contribution in [1.29, 1.82) is 0 Å². The van der Waals surface area contributed by atoms with Gasteiger partial charge in [0.05, 0.1) is 5.52 Å². The highest BCUT2D eigenvalue weighted by molar-refractivity contribution is 6.76. The standard InChI is InChI=1S/C15H12Cl3N3O2/c1-7(2)8-4-3-5-9-10(8)12-11(19-6-23-12)13(20-9)21-14(22)15(16,17)18/h3-7H,1-2H3,(H,20,21,22). The normalized spacial score (nSPS) is 12.3. The minimum Gasteiger partial charge on any atom is -0.443 e. The summed E-state index contributed by atoms with van der Waals surface area (Å²) in [5.74, 6) is -0.340. The molecule has 3 aromatic rings. The minimum atomic E-state index is -2.09. The van der Waals surface area contributed by atoms with Crippen LogP contribution in [0.5, 0.6) is 0 Å². The van der Waals surface area contributed by atoms with E-state index >= 15 is 0 Å². The summed E-state index contributed by atoms with van der Waals surface area (Å²) in [6, 6.07) is 5.73. The number of hydrogen-bond donors (Lipinski definition) is 1.